The van der Waals surface area contributed by atoms with Crippen molar-refractivity contribution in [2.24, 2.45) is 5.73 Å². The highest BCUT2D eigenvalue weighted by molar-refractivity contribution is 5.95. The second-order valence-electron chi connectivity index (χ2n) is 5.56. The molecule has 6 heteroatoms. The normalized spacial score (nSPS) is 21.9. The van der Waals surface area contributed by atoms with Gasteiger partial charge in [-0.25, -0.2) is 0 Å². The molecule has 21 heavy (non-hydrogen) atoms. The van der Waals surface area contributed by atoms with Gasteiger partial charge in [-0.1, -0.05) is 12.1 Å². The smallest absolute Gasteiger partial charge is 0.260 e. The Bertz CT molecular complexity index is 542. The van der Waals surface area contributed by atoms with Crippen molar-refractivity contribution in [2.45, 2.75) is 25.4 Å². The fraction of sp³-hybridized carbons (Fsp3) is 0.467. The average molecular weight is 292 g/mol. The van der Waals surface area contributed by atoms with Crippen molar-refractivity contribution in [1.29, 1.82) is 0 Å². The summed E-state index contributed by atoms with van der Waals surface area (Å²) in [6, 6.07) is 6.53. The van der Waals surface area contributed by atoms with Crippen molar-refractivity contribution >= 4 is 11.8 Å². The molecule has 0 spiro atoms. The summed E-state index contributed by atoms with van der Waals surface area (Å²) in [6.07, 6.45) is 1.44. The number of primary amides is 1. The van der Waals surface area contributed by atoms with Crippen molar-refractivity contribution in [2.75, 3.05) is 19.7 Å². The van der Waals surface area contributed by atoms with Crippen LogP contribution in [0.4, 0.5) is 0 Å². The quantitative estimate of drug-likeness (QED) is 0.847. The van der Waals surface area contributed by atoms with Crippen LogP contribution in [-0.2, 0) is 4.79 Å². The highest BCUT2D eigenvalue weighted by atomic mass is 16.5. The number of para-hydroxylation sites is 1. The van der Waals surface area contributed by atoms with Crippen LogP contribution in [-0.4, -0.2) is 47.1 Å². The lowest BCUT2D eigenvalue weighted by molar-refractivity contribution is -0.139. The summed E-state index contributed by atoms with van der Waals surface area (Å²) < 4.78 is 5.41. The number of nitrogens with zero attached hydrogens (tertiary/aromatic N) is 1. The molecule has 2 amide bonds. The largest absolute Gasteiger partial charge is 0.483 e. The molecule has 0 radical (unpaired) electrons. The van der Waals surface area contributed by atoms with E-state index in [1.165, 1.54) is 0 Å². The molecule has 1 fully saturated rings. The van der Waals surface area contributed by atoms with E-state index in [1.807, 2.05) is 0 Å². The first kappa shape index (κ1) is 15.3. The van der Waals surface area contributed by atoms with Gasteiger partial charge in [0.15, 0.2) is 6.61 Å². The first-order valence-corrected chi connectivity index (χ1v) is 6.91. The second-order valence-corrected chi connectivity index (χ2v) is 5.56. The van der Waals surface area contributed by atoms with Crippen LogP contribution in [0.2, 0.25) is 0 Å². The first-order chi connectivity index (χ1) is 9.89. The molecule has 6 nitrogen and oxygen atoms in total. The lowest BCUT2D eigenvalue weighted by atomic mass is 9.95. The van der Waals surface area contributed by atoms with Gasteiger partial charge in [-0.05, 0) is 31.9 Å². The van der Waals surface area contributed by atoms with E-state index in [4.69, 9.17) is 10.5 Å². The van der Waals surface area contributed by atoms with Crippen LogP contribution in [0.3, 0.4) is 0 Å². The lowest BCUT2D eigenvalue weighted by Gasteiger charge is -2.36. The molecule has 1 heterocycles. The molecular weight excluding hydrogens is 272 g/mol. The standard InChI is InChI=1S/C15H20N2O4/c1-15(20)7-4-8-17(10-15)13(18)9-21-12-6-3-2-5-11(12)14(16)19/h2-3,5-6,20H,4,7-10H2,1H3,(H2,16,19). The summed E-state index contributed by atoms with van der Waals surface area (Å²) in [5.41, 5.74) is 4.65. The van der Waals surface area contributed by atoms with E-state index in [0.29, 0.717) is 25.3 Å². The molecule has 1 aliphatic heterocycles. The highest BCUT2D eigenvalue weighted by Gasteiger charge is 2.31. The Morgan fingerprint density at radius 1 is 1.43 bits per heavy atom. The van der Waals surface area contributed by atoms with E-state index in [9.17, 15) is 14.7 Å². The number of nitrogens with two attached hydrogens (primary N) is 1. The van der Waals surface area contributed by atoms with E-state index in [-0.39, 0.29) is 18.1 Å². The van der Waals surface area contributed by atoms with Gasteiger partial charge in [0, 0.05) is 13.1 Å². The zero-order valence-electron chi connectivity index (χ0n) is 12.0. The number of β-amino-alcohol motifs (C(OH)–C–C–N with tert-alkyl or cyclic N) is 1. The van der Waals surface area contributed by atoms with Crippen molar-refractivity contribution in [3.05, 3.63) is 29.8 Å². The van der Waals surface area contributed by atoms with Crippen LogP contribution in [0.15, 0.2) is 24.3 Å². The Morgan fingerprint density at radius 3 is 2.81 bits per heavy atom. The van der Waals surface area contributed by atoms with Gasteiger partial charge in [0.25, 0.3) is 11.8 Å². The molecule has 1 aliphatic rings. The second kappa shape index (κ2) is 6.13. The fourth-order valence-electron chi connectivity index (χ4n) is 2.46. The Labute approximate surface area is 123 Å². The molecule has 0 aromatic heterocycles. The van der Waals surface area contributed by atoms with Crippen molar-refractivity contribution in [1.82, 2.24) is 4.90 Å². The van der Waals surface area contributed by atoms with Gasteiger partial charge in [-0.3, -0.25) is 9.59 Å². The van der Waals surface area contributed by atoms with Crippen LogP contribution < -0.4 is 10.5 Å². The monoisotopic (exact) mass is 292 g/mol. The molecule has 1 aromatic carbocycles. The number of amides is 2. The summed E-state index contributed by atoms with van der Waals surface area (Å²) in [7, 11) is 0. The topological polar surface area (TPSA) is 92.9 Å². The molecule has 114 valence electrons. The predicted molar refractivity (Wildman–Crippen MR) is 76.9 cm³/mol. The summed E-state index contributed by atoms with van der Waals surface area (Å²) >= 11 is 0. The van der Waals surface area contributed by atoms with Crippen LogP contribution in [0.1, 0.15) is 30.1 Å². The van der Waals surface area contributed by atoms with Crippen LogP contribution in [0, 0.1) is 0 Å². The number of carbonyl (C=O) groups excluding carboxylic acids is 2. The van der Waals surface area contributed by atoms with Gasteiger partial charge in [-0.15, -0.1) is 0 Å². The summed E-state index contributed by atoms with van der Waals surface area (Å²) in [5.74, 6) is -0.518. The number of hydrogen-bond acceptors (Lipinski definition) is 4. The molecule has 0 aliphatic carbocycles. The van der Waals surface area contributed by atoms with Gasteiger partial charge < -0.3 is 20.5 Å². The zero-order chi connectivity index (χ0) is 15.5. The summed E-state index contributed by atoms with van der Waals surface area (Å²) in [5, 5.41) is 10.0. The number of piperidine rings is 1. The Balaban J connectivity index is 1.97. The third kappa shape index (κ3) is 3.95. The van der Waals surface area contributed by atoms with Crippen molar-refractivity contribution in [3.63, 3.8) is 0 Å². The van der Waals surface area contributed by atoms with E-state index in [2.05, 4.69) is 0 Å². The number of ether oxygens (including phenoxy) is 1. The average Bonchev–Trinajstić information content (AvgIpc) is 2.43. The van der Waals surface area contributed by atoms with E-state index in [1.54, 1.807) is 36.1 Å². The van der Waals surface area contributed by atoms with Crippen LogP contribution in [0.5, 0.6) is 5.75 Å². The van der Waals surface area contributed by atoms with Gasteiger partial charge in [0.1, 0.15) is 5.75 Å². The number of aliphatic hydroxyl groups is 1. The molecule has 1 saturated heterocycles. The highest BCUT2D eigenvalue weighted by Crippen LogP contribution is 2.21. The number of likely N-dealkylation sites (tertiary alicyclic amines) is 1. The zero-order valence-corrected chi connectivity index (χ0v) is 12.0. The third-order valence-electron chi connectivity index (χ3n) is 3.53. The van der Waals surface area contributed by atoms with Gasteiger partial charge in [-0.2, -0.15) is 0 Å². The van der Waals surface area contributed by atoms with E-state index >= 15 is 0 Å². The minimum atomic E-state index is -0.848. The minimum absolute atomic E-state index is 0.180. The van der Waals surface area contributed by atoms with Crippen LogP contribution in [0.25, 0.3) is 0 Å². The molecule has 1 aromatic rings. The number of carbonyl (C=O) groups is 2. The Morgan fingerprint density at radius 2 is 2.14 bits per heavy atom. The maximum absolute atomic E-state index is 12.1. The predicted octanol–water partition coefficient (Wildman–Crippen LogP) is 0.538. The summed E-state index contributed by atoms with van der Waals surface area (Å²) in [6.45, 7) is 2.44. The molecule has 1 atom stereocenters. The fourth-order valence-corrected chi connectivity index (χ4v) is 2.46. The van der Waals surface area contributed by atoms with E-state index < -0.39 is 11.5 Å². The third-order valence-corrected chi connectivity index (χ3v) is 3.53. The van der Waals surface area contributed by atoms with Gasteiger partial charge >= 0.3 is 0 Å². The van der Waals surface area contributed by atoms with Crippen molar-refractivity contribution in [3.8, 4) is 5.75 Å². The number of hydrogen-bond donors (Lipinski definition) is 2. The molecule has 1 unspecified atom stereocenters. The number of benzene rings is 1. The Hall–Kier alpha value is -2.08. The van der Waals surface area contributed by atoms with Crippen LogP contribution >= 0.6 is 0 Å². The maximum Gasteiger partial charge on any atom is 0.260 e. The maximum atomic E-state index is 12.1. The first-order valence-electron chi connectivity index (χ1n) is 6.91. The molecular formula is C15H20N2O4. The molecule has 0 bridgehead atoms. The molecule has 0 saturated carbocycles. The number of rotatable bonds is 4. The minimum Gasteiger partial charge on any atom is -0.483 e. The molecule has 2 rings (SSSR count). The SMILES string of the molecule is CC1(O)CCCN(C(=O)COc2ccccc2C(N)=O)C1. The Kier molecular flexibility index (Phi) is 4.47. The van der Waals surface area contributed by atoms with Gasteiger partial charge in [0.05, 0.1) is 11.2 Å². The van der Waals surface area contributed by atoms with Crippen molar-refractivity contribution < 1.29 is 19.4 Å². The van der Waals surface area contributed by atoms with E-state index in [0.717, 1.165) is 6.42 Å². The summed E-state index contributed by atoms with van der Waals surface area (Å²) in [4.78, 5) is 25.0. The molecule has 3 N–H and O–H groups in total. The van der Waals surface area contributed by atoms with Gasteiger partial charge in [0.2, 0.25) is 0 Å². The lowest BCUT2D eigenvalue weighted by Crippen LogP contribution is -2.49.